The molecule has 0 aromatic carbocycles. The zero-order valence-corrected chi connectivity index (χ0v) is 14.8. The molecule has 0 saturated carbocycles. The molecule has 0 bridgehead atoms. The van der Waals surface area contributed by atoms with E-state index in [1.807, 2.05) is 30.7 Å². The lowest BCUT2D eigenvalue weighted by molar-refractivity contribution is 0.0459. The zero-order chi connectivity index (χ0) is 18.1. The summed E-state index contributed by atoms with van der Waals surface area (Å²) in [6, 6.07) is 3.55. The highest BCUT2D eigenvalue weighted by Crippen LogP contribution is 2.24. The normalized spacial score (nSPS) is 11.3. The Kier molecular flexibility index (Phi) is 4.21. The Labute approximate surface area is 151 Å². The van der Waals surface area contributed by atoms with Gasteiger partial charge in [-0.3, -0.25) is 0 Å². The molecule has 4 aromatic heterocycles. The SMILES string of the molecule is CC(C)c1noc2ncc(C(=O)OCc3noc(-c4ccsc4)n3)cc12. The smallest absolute Gasteiger partial charge is 0.340 e. The van der Waals surface area contributed by atoms with Crippen LogP contribution in [0.4, 0.5) is 0 Å². The number of aromatic nitrogens is 4. The van der Waals surface area contributed by atoms with Gasteiger partial charge in [0.15, 0.2) is 6.61 Å². The number of carbonyl (C=O) groups is 1. The van der Waals surface area contributed by atoms with Gasteiger partial charge >= 0.3 is 5.97 Å². The van der Waals surface area contributed by atoms with Gasteiger partial charge in [-0.25, -0.2) is 9.78 Å². The van der Waals surface area contributed by atoms with Crippen molar-refractivity contribution in [2.45, 2.75) is 26.4 Å². The summed E-state index contributed by atoms with van der Waals surface area (Å²) in [4.78, 5) is 20.6. The summed E-state index contributed by atoms with van der Waals surface area (Å²) in [5.41, 5.74) is 2.29. The Hall–Kier alpha value is -3.07. The van der Waals surface area contributed by atoms with Gasteiger partial charge in [-0.15, -0.1) is 0 Å². The van der Waals surface area contributed by atoms with Crippen LogP contribution in [-0.2, 0) is 11.3 Å². The maximum absolute atomic E-state index is 12.3. The van der Waals surface area contributed by atoms with Crippen LogP contribution in [0.1, 0.15) is 41.6 Å². The van der Waals surface area contributed by atoms with Gasteiger partial charge in [0.1, 0.15) is 0 Å². The summed E-state index contributed by atoms with van der Waals surface area (Å²) >= 11 is 1.53. The first-order valence-electron chi connectivity index (χ1n) is 7.89. The maximum Gasteiger partial charge on any atom is 0.340 e. The molecular formula is C17H14N4O4S. The lowest BCUT2D eigenvalue weighted by Gasteiger charge is -2.02. The second kappa shape index (κ2) is 6.68. The minimum Gasteiger partial charge on any atom is -0.454 e. The fourth-order valence-corrected chi connectivity index (χ4v) is 3.04. The van der Waals surface area contributed by atoms with E-state index in [1.165, 1.54) is 17.5 Å². The molecule has 0 unspecified atom stereocenters. The first-order chi connectivity index (χ1) is 12.6. The van der Waals surface area contributed by atoms with Crippen LogP contribution in [0.15, 0.2) is 38.1 Å². The van der Waals surface area contributed by atoms with E-state index in [4.69, 9.17) is 13.8 Å². The molecule has 0 saturated heterocycles. The molecule has 0 aliphatic heterocycles. The van der Waals surface area contributed by atoms with Crippen LogP contribution in [-0.4, -0.2) is 26.3 Å². The quantitative estimate of drug-likeness (QED) is 0.488. The van der Waals surface area contributed by atoms with Crippen LogP contribution in [0.5, 0.6) is 0 Å². The van der Waals surface area contributed by atoms with E-state index in [0.717, 1.165) is 11.3 Å². The van der Waals surface area contributed by atoms with Gasteiger partial charge in [-0.2, -0.15) is 16.3 Å². The molecule has 4 aromatic rings. The summed E-state index contributed by atoms with van der Waals surface area (Å²) in [7, 11) is 0. The fourth-order valence-electron chi connectivity index (χ4n) is 2.41. The number of hydrogen-bond acceptors (Lipinski definition) is 9. The number of pyridine rings is 1. The molecule has 4 heterocycles. The lowest BCUT2D eigenvalue weighted by Crippen LogP contribution is -2.06. The molecule has 26 heavy (non-hydrogen) atoms. The molecule has 4 rings (SSSR count). The predicted octanol–water partition coefficient (Wildman–Crippen LogP) is 3.81. The average Bonchev–Trinajstić information content (AvgIpc) is 3.38. The summed E-state index contributed by atoms with van der Waals surface area (Å²) in [6.07, 6.45) is 1.40. The molecule has 0 aliphatic carbocycles. The number of esters is 1. The highest BCUT2D eigenvalue weighted by Gasteiger charge is 2.17. The van der Waals surface area contributed by atoms with Gasteiger partial charge in [0, 0.05) is 11.6 Å². The van der Waals surface area contributed by atoms with Crippen LogP contribution < -0.4 is 0 Å². The van der Waals surface area contributed by atoms with Crippen molar-refractivity contribution in [3.63, 3.8) is 0 Å². The molecule has 0 aliphatic rings. The lowest BCUT2D eigenvalue weighted by atomic mass is 10.1. The first-order valence-corrected chi connectivity index (χ1v) is 8.83. The maximum atomic E-state index is 12.3. The van der Waals surface area contributed by atoms with E-state index in [1.54, 1.807) is 6.07 Å². The predicted molar refractivity (Wildman–Crippen MR) is 92.6 cm³/mol. The second-order valence-electron chi connectivity index (χ2n) is 5.90. The van der Waals surface area contributed by atoms with E-state index in [0.29, 0.717) is 28.4 Å². The summed E-state index contributed by atoms with van der Waals surface area (Å²) < 4.78 is 15.6. The first kappa shape index (κ1) is 16.4. The fraction of sp³-hybridized carbons (Fsp3) is 0.235. The monoisotopic (exact) mass is 370 g/mol. The van der Waals surface area contributed by atoms with Crippen molar-refractivity contribution in [2.24, 2.45) is 0 Å². The Morgan fingerprint density at radius 3 is 2.96 bits per heavy atom. The van der Waals surface area contributed by atoms with Crippen molar-refractivity contribution >= 4 is 28.4 Å². The number of rotatable bonds is 5. The molecule has 0 atom stereocenters. The molecule has 0 fully saturated rings. The van der Waals surface area contributed by atoms with Gasteiger partial charge in [0.05, 0.1) is 22.2 Å². The standard InChI is InChI=1S/C17H14N4O4S/c1-9(2)14-12-5-11(6-18-16(12)25-21-14)17(22)23-7-13-19-15(24-20-13)10-3-4-26-8-10/h3-6,8-9H,7H2,1-2H3. The van der Waals surface area contributed by atoms with E-state index in [2.05, 4.69) is 20.3 Å². The molecule has 9 heteroatoms. The number of thiophene rings is 1. The van der Waals surface area contributed by atoms with Gasteiger partial charge < -0.3 is 13.8 Å². The number of ether oxygens (including phenoxy) is 1. The van der Waals surface area contributed by atoms with E-state index in [-0.39, 0.29) is 12.5 Å². The number of carbonyl (C=O) groups excluding carboxylic acids is 1. The number of fused-ring (bicyclic) bond motifs is 1. The van der Waals surface area contributed by atoms with Crippen LogP contribution >= 0.6 is 11.3 Å². The Morgan fingerprint density at radius 2 is 2.19 bits per heavy atom. The van der Waals surface area contributed by atoms with Crippen LogP contribution in [0, 0.1) is 0 Å². The van der Waals surface area contributed by atoms with E-state index < -0.39 is 5.97 Å². The third-order valence-electron chi connectivity index (χ3n) is 3.71. The highest BCUT2D eigenvalue weighted by molar-refractivity contribution is 7.08. The van der Waals surface area contributed by atoms with E-state index >= 15 is 0 Å². The molecule has 8 nitrogen and oxygen atoms in total. The largest absolute Gasteiger partial charge is 0.454 e. The molecule has 0 N–H and O–H groups in total. The molecule has 132 valence electrons. The Bertz CT molecular complexity index is 1050. The van der Waals surface area contributed by atoms with Crippen molar-refractivity contribution in [1.82, 2.24) is 20.3 Å². The zero-order valence-electron chi connectivity index (χ0n) is 14.0. The second-order valence-corrected chi connectivity index (χ2v) is 6.68. The van der Waals surface area contributed by atoms with Gasteiger partial charge in [0.25, 0.3) is 11.6 Å². The molecule has 0 amide bonds. The summed E-state index contributed by atoms with van der Waals surface area (Å²) in [5.74, 6) is 0.309. The highest BCUT2D eigenvalue weighted by atomic mass is 32.1. The minimum absolute atomic E-state index is 0.0921. The van der Waals surface area contributed by atoms with Gasteiger partial charge in [-0.1, -0.05) is 24.2 Å². The Morgan fingerprint density at radius 1 is 1.31 bits per heavy atom. The summed E-state index contributed by atoms with van der Waals surface area (Å²) in [6.45, 7) is 3.89. The minimum atomic E-state index is -0.530. The summed E-state index contributed by atoms with van der Waals surface area (Å²) in [5, 5.41) is 12.3. The van der Waals surface area contributed by atoms with Crippen molar-refractivity contribution in [3.05, 3.63) is 46.2 Å². The molecular weight excluding hydrogens is 356 g/mol. The molecule has 0 spiro atoms. The third-order valence-corrected chi connectivity index (χ3v) is 4.39. The van der Waals surface area contributed by atoms with Crippen LogP contribution in [0.25, 0.3) is 22.6 Å². The van der Waals surface area contributed by atoms with Crippen molar-refractivity contribution in [1.29, 1.82) is 0 Å². The topological polar surface area (TPSA) is 104 Å². The van der Waals surface area contributed by atoms with Gasteiger partial charge in [0.2, 0.25) is 5.82 Å². The number of hydrogen-bond donors (Lipinski definition) is 0. The van der Waals surface area contributed by atoms with Crippen molar-refractivity contribution in [2.75, 3.05) is 0 Å². The molecule has 0 radical (unpaired) electrons. The van der Waals surface area contributed by atoms with Crippen LogP contribution in [0.2, 0.25) is 0 Å². The van der Waals surface area contributed by atoms with Crippen molar-refractivity contribution < 1.29 is 18.6 Å². The van der Waals surface area contributed by atoms with Crippen molar-refractivity contribution in [3.8, 4) is 11.5 Å². The Balaban J connectivity index is 1.48. The third kappa shape index (κ3) is 3.08. The average molecular weight is 370 g/mol. The van der Waals surface area contributed by atoms with Gasteiger partial charge in [-0.05, 0) is 23.4 Å². The van der Waals surface area contributed by atoms with Crippen LogP contribution in [0.3, 0.4) is 0 Å². The number of nitrogens with zero attached hydrogens (tertiary/aromatic N) is 4. The van der Waals surface area contributed by atoms with E-state index in [9.17, 15) is 4.79 Å².